The summed E-state index contributed by atoms with van der Waals surface area (Å²) in [5.74, 6) is -0.620. The van der Waals surface area contributed by atoms with Crippen LogP contribution in [0.4, 0.5) is 18.9 Å². The second-order valence-electron chi connectivity index (χ2n) is 12.3. The van der Waals surface area contributed by atoms with Crippen LogP contribution in [-0.4, -0.2) is 60.9 Å². The number of amides is 3. The number of likely N-dealkylation sites (tertiary alicyclic amines) is 1. The number of piperidine rings is 1. The van der Waals surface area contributed by atoms with Gasteiger partial charge in [0.05, 0.1) is 11.0 Å². The maximum Gasteiger partial charge on any atom is 0.416 e. The number of para-hydroxylation sites is 1. The van der Waals surface area contributed by atoms with E-state index in [9.17, 15) is 27.6 Å². The Kier molecular flexibility index (Phi) is 8.38. The van der Waals surface area contributed by atoms with Crippen LogP contribution in [-0.2, 0) is 32.4 Å². The van der Waals surface area contributed by atoms with Gasteiger partial charge in [-0.25, -0.2) is 0 Å². The van der Waals surface area contributed by atoms with Crippen LogP contribution in [0, 0.1) is 5.92 Å². The van der Waals surface area contributed by atoms with Gasteiger partial charge in [-0.3, -0.25) is 14.4 Å². The molecule has 1 aliphatic carbocycles. The number of nitrogens with zero attached hydrogens (tertiary/aromatic N) is 2. The van der Waals surface area contributed by atoms with E-state index in [1.807, 2.05) is 50.1 Å². The summed E-state index contributed by atoms with van der Waals surface area (Å²) in [6.45, 7) is 4.70. The Hall–Kier alpha value is -3.40. The molecule has 0 bridgehead atoms. The third-order valence-corrected chi connectivity index (χ3v) is 9.28. The van der Waals surface area contributed by atoms with Crippen molar-refractivity contribution in [2.75, 3.05) is 25.0 Å². The van der Waals surface area contributed by atoms with Crippen LogP contribution in [0.15, 0.2) is 48.5 Å². The van der Waals surface area contributed by atoms with E-state index in [0.717, 1.165) is 29.8 Å². The van der Waals surface area contributed by atoms with Crippen molar-refractivity contribution in [1.82, 2.24) is 15.5 Å². The molecule has 2 aromatic carbocycles. The summed E-state index contributed by atoms with van der Waals surface area (Å²) in [5.41, 5.74) is 1.08. The SMILES string of the molecule is CN[C@@H]1CC[C@H](C(=O)N[C@@H](Cc2ccc(C(F)(F)F)cc2)C(=O)N2CCC(N3C(=O)C(C)(C)c4ccccc43)CC2)C1. The number of carbonyl (C=O) groups is 3. The zero-order valence-electron chi connectivity index (χ0n) is 24.3. The van der Waals surface area contributed by atoms with Gasteiger partial charge < -0.3 is 20.4 Å². The van der Waals surface area contributed by atoms with Crippen LogP contribution in [0.3, 0.4) is 0 Å². The lowest BCUT2D eigenvalue weighted by Gasteiger charge is -2.39. The van der Waals surface area contributed by atoms with Gasteiger partial charge in [0.25, 0.3) is 0 Å². The number of hydrogen-bond acceptors (Lipinski definition) is 4. The van der Waals surface area contributed by atoms with Crippen LogP contribution in [0.1, 0.15) is 62.6 Å². The average molecular weight is 585 g/mol. The lowest BCUT2D eigenvalue weighted by Crippen LogP contribution is -2.55. The predicted octanol–water partition coefficient (Wildman–Crippen LogP) is 4.44. The minimum absolute atomic E-state index is 0.0515. The molecule has 3 atom stereocenters. The summed E-state index contributed by atoms with van der Waals surface area (Å²) in [7, 11) is 1.86. The Morgan fingerprint density at radius 3 is 2.29 bits per heavy atom. The van der Waals surface area contributed by atoms with E-state index in [1.165, 1.54) is 12.1 Å². The lowest BCUT2D eigenvalue weighted by molar-refractivity contribution is -0.138. The van der Waals surface area contributed by atoms with Crippen LogP contribution in [0.2, 0.25) is 0 Å². The van der Waals surface area contributed by atoms with Crippen LogP contribution < -0.4 is 15.5 Å². The Labute approximate surface area is 244 Å². The molecule has 0 unspecified atom stereocenters. The minimum Gasteiger partial charge on any atom is -0.344 e. The molecule has 2 N–H and O–H groups in total. The molecule has 0 aromatic heterocycles. The molecule has 3 aliphatic rings. The first-order valence-electron chi connectivity index (χ1n) is 14.8. The molecule has 5 rings (SSSR count). The third-order valence-electron chi connectivity index (χ3n) is 9.28. The number of benzene rings is 2. The monoisotopic (exact) mass is 584 g/mol. The molecular formula is C32H39F3N4O3. The number of halogens is 3. The van der Waals surface area contributed by atoms with Crippen molar-refractivity contribution in [3.05, 3.63) is 65.2 Å². The van der Waals surface area contributed by atoms with Crippen molar-refractivity contribution in [2.24, 2.45) is 5.92 Å². The molecule has 0 spiro atoms. The quantitative estimate of drug-likeness (QED) is 0.505. The van der Waals surface area contributed by atoms with Gasteiger partial charge >= 0.3 is 6.18 Å². The summed E-state index contributed by atoms with van der Waals surface area (Å²) in [6.07, 6.45) is -0.913. The third kappa shape index (κ3) is 5.91. The van der Waals surface area contributed by atoms with E-state index in [0.29, 0.717) is 44.3 Å². The molecule has 2 heterocycles. The summed E-state index contributed by atoms with van der Waals surface area (Å²) < 4.78 is 39.3. The zero-order chi connectivity index (χ0) is 30.2. The van der Waals surface area contributed by atoms with Gasteiger partial charge in [0, 0.05) is 43.2 Å². The molecule has 2 aromatic rings. The molecule has 1 saturated carbocycles. The Morgan fingerprint density at radius 1 is 1.00 bits per heavy atom. The maximum atomic E-state index is 13.8. The smallest absolute Gasteiger partial charge is 0.344 e. The number of hydrogen-bond donors (Lipinski definition) is 2. The highest BCUT2D eigenvalue weighted by molar-refractivity contribution is 6.08. The van der Waals surface area contributed by atoms with Crippen molar-refractivity contribution < 1.29 is 27.6 Å². The molecule has 2 fully saturated rings. The van der Waals surface area contributed by atoms with Crippen molar-refractivity contribution in [2.45, 2.75) is 82.1 Å². The van der Waals surface area contributed by atoms with Gasteiger partial charge in [0.1, 0.15) is 6.04 Å². The van der Waals surface area contributed by atoms with Gasteiger partial charge in [-0.1, -0.05) is 30.3 Å². The van der Waals surface area contributed by atoms with E-state index >= 15 is 0 Å². The van der Waals surface area contributed by atoms with Crippen LogP contribution in [0.5, 0.6) is 0 Å². The highest BCUT2D eigenvalue weighted by Gasteiger charge is 2.47. The number of carbonyl (C=O) groups excluding carboxylic acids is 3. The molecule has 7 nitrogen and oxygen atoms in total. The van der Waals surface area contributed by atoms with E-state index < -0.39 is 23.2 Å². The largest absolute Gasteiger partial charge is 0.416 e. The number of nitrogens with one attached hydrogen (secondary N) is 2. The molecule has 10 heteroatoms. The summed E-state index contributed by atoms with van der Waals surface area (Å²) in [6, 6.07) is 11.9. The molecule has 0 radical (unpaired) electrons. The standard InChI is InChI=1S/C32H39F3N4O3/c1-31(2)25-6-4-5-7-27(25)39(30(31)42)24-14-16-38(17-15-24)29(41)26(37-28(40)21-10-13-23(19-21)36-3)18-20-8-11-22(12-9-20)32(33,34)35/h4-9,11-12,21,23-24,26,36H,10,13-19H2,1-3H3,(H,37,40)/t21-,23+,26-/m0/s1. The molecule has 2 aliphatic heterocycles. The molecule has 42 heavy (non-hydrogen) atoms. The van der Waals surface area contributed by atoms with Gasteiger partial charge in [-0.2, -0.15) is 13.2 Å². The first kappa shape index (κ1) is 30.1. The fourth-order valence-electron chi connectivity index (χ4n) is 6.70. The van der Waals surface area contributed by atoms with Crippen LogP contribution >= 0.6 is 0 Å². The molecule has 1 saturated heterocycles. The normalized spacial score (nSPS) is 23.1. The summed E-state index contributed by atoms with van der Waals surface area (Å²) >= 11 is 0. The van der Waals surface area contributed by atoms with Gasteiger partial charge in [-0.15, -0.1) is 0 Å². The lowest BCUT2D eigenvalue weighted by atomic mass is 9.86. The molecule has 3 amide bonds. The van der Waals surface area contributed by atoms with Crippen molar-refractivity contribution in [1.29, 1.82) is 0 Å². The van der Waals surface area contributed by atoms with Gasteiger partial charge in [-0.05, 0) is 82.3 Å². The topological polar surface area (TPSA) is 81.8 Å². The average Bonchev–Trinajstić information content (AvgIpc) is 3.53. The second kappa shape index (κ2) is 11.7. The number of fused-ring (bicyclic) bond motifs is 1. The molecular weight excluding hydrogens is 545 g/mol. The highest BCUT2D eigenvalue weighted by Crippen LogP contribution is 2.43. The fraction of sp³-hybridized carbons (Fsp3) is 0.531. The highest BCUT2D eigenvalue weighted by atomic mass is 19.4. The van der Waals surface area contributed by atoms with E-state index in [2.05, 4.69) is 10.6 Å². The van der Waals surface area contributed by atoms with E-state index in [1.54, 1.807) is 4.90 Å². The number of rotatable bonds is 7. The van der Waals surface area contributed by atoms with E-state index in [-0.39, 0.29) is 42.1 Å². The first-order chi connectivity index (χ1) is 19.9. The second-order valence-corrected chi connectivity index (χ2v) is 12.3. The summed E-state index contributed by atoms with van der Waals surface area (Å²) in [4.78, 5) is 44.1. The van der Waals surface area contributed by atoms with Crippen molar-refractivity contribution in [3.63, 3.8) is 0 Å². The fourth-order valence-corrected chi connectivity index (χ4v) is 6.70. The summed E-state index contributed by atoms with van der Waals surface area (Å²) in [5, 5.41) is 6.15. The predicted molar refractivity (Wildman–Crippen MR) is 154 cm³/mol. The maximum absolute atomic E-state index is 13.8. The zero-order valence-corrected chi connectivity index (χ0v) is 24.3. The van der Waals surface area contributed by atoms with E-state index in [4.69, 9.17) is 0 Å². The number of anilines is 1. The minimum atomic E-state index is -4.45. The van der Waals surface area contributed by atoms with Gasteiger partial charge in [0.2, 0.25) is 17.7 Å². The first-order valence-corrected chi connectivity index (χ1v) is 14.8. The van der Waals surface area contributed by atoms with Crippen molar-refractivity contribution in [3.8, 4) is 0 Å². The molecule has 226 valence electrons. The van der Waals surface area contributed by atoms with Crippen LogP contribution in [0.25, 0.3) is 0 Å². The Morgan fingerprint density at radius 2 is 1.67 bits per heavy atom. The number of alkyl halides is 3. The Balaban J connectivity index is 1.29. The Bertz CT molecular complexity index is 1320. The van der Waals surface area contributed by atoms with Crippen molar-refractivity contribution >= 4 is 23.4 Å². The van der Waals surface area contributed by atoms with Gasteiger partial charge in [0.15, 0.2) is 0 Å².